The number of hydrogen-bond donors (Lipinski definition) is 0. The topological polar surface area (TPSA) is 43.4 Å². The van der Waals surface area contributed by atoms with Gasteiger partial charge in [0.05, 0.1) is 0 Å². The highest BCUT2D eigenvalue weighted by atomic mass is 16.6. The van der Waals surface area contributed by atoms with E-state index in [0.29, 0.717) is 0 Å². The van der Waals surface area contributed by atoms with E-state index >= 15 is 0 Å². The summed E-state index contributed by atoms with van der Waals surface area (Å²) in [5.74, 6) is -0.831. The normalized spacial score (nSPS) is 34.4. The monoisotopic (exact) mass is 170 g/mol. The van der Waals surface area contributed by atoms with Crippen molar-refractivity contribution in [2.45, 2.75) is 33.3 Å². The summed E-state index contributed by atoms with van der Waals surface area (Å²) in [7, 11) is 0. The largest absolute Gasteiger partial charge is 0.457 e. The summed E-state index contributed by atoms with van der Waals surface area (Å²) >= 11 is 0. The first-order valence-corrected chi connectivity index (χ1v) is 4.13. The van der Waals surface area contributed by atoms with Gasteiger partial charge in [-0.15, -0.1) is 0 Å². The number of hydrogen-bond acceptors (Lipinski definition) is 3. The predicted molar refractivity (Wildman–Crippen MR) is 43.5 cm³/mol. The average molecular weight is 170 g/mol. The molecule has 0 aromatic heterocycles. The van der Waals surface area contributed by atoms with Gasteiger partial charge in [-0.25, -0.2) is 0 Å². The van der Waals surface area contributed by atoms with E-state index in [1.165, 1.54) is 6.92 Å². The van der Waals surface area contributed by atoms with Crippen LogP contribution in [-0.2, 0) is 14.3 Å². The fourth-order valence-corrected chi connectivity index (χ4v) is 1.53. The van der Waals surface area contributed by atoms with E-state index < -0.39 is 11.5 Å². The lowest BCUT2D eigenvalue weighted by molar-refractivity contribution is -0.216. The molecule has 68 valence electrons. The van der Waals surface area contributed by atoms with E-state index in [2.05, 4.69) is 0 Å². The molecule has 3 heteroatoms. The summed E-state index contributed by atoms with van der Waals surface area (Å²) in [4.78, 5) is 22.0. The maximum absolute atomic E-state index is 11.1. The first-order chi connectivity index (χ1) is 5.39. The maximum Gasteiger partial charge on any atom is 0.321 e. The summed E-state index contributed by atoms with van der Waals surface area (Å²) in [6.07, 6.45) is 0. The second kappa shape index (κ2) is 2.57. The van der Waals surface area contributed by atoms with Gasteiger partial charge in [-0.1, -0.05) is 13.8 Å². The Morgan fingerprint density at radius 1 is 1.58 bits per heavy atom. The molecular weight excluding hydrogens is 156 g/mol. The molecule has 1 heterocycles. The Balaban J connectivity index is 2.84. The lowest BCUT2D eigenvalue weighted by atomic mass is 9.73. The zero-order valence-electron chi connectivity index (χ0n) is 7.88. The molecule has 0 aromatic carbocycles. The van der Waals surface area contributed by atoms with E-state index in [-0.39, 0.29) is 17.7 Å². The van der Waals surface area contributed by atoms with Crippen molar-refractivity contribution in [2.75, 3.05) is 0 Å². The van der Waals surface area contributed by atoms with Gasteiger partial charge < -0.3 is 4.74 Å². The highest BCUT2D eigenvalue weighted by Crippen LogP contribution is 2.40. The molecule has 0 amide bonds. The molecule has 12 heavy (non-hydrogen) atoms. The minimum absolute atomic E-state index is 0.0950. The van der Waals surface area contributed by atoms with Crippen molar-refractivity contribution in [1.29, 1.82) is 0 Å². The average Bonchev–Trinajstić information content (AvgIpc) is 1.83. The molecule has 0 unspecified atom stereocenters. The Labute approximate surface area is 72.1 Å². The Hall–Kier alpha value is -0.860. The third kappa shape index (κ3) is 1.04. The number of ether oxygens (including phenoxy) is 1. The first-order valence-electron chi connectivity index (χ1n) is 4.13. The molecule has 1 fully saturated rings. The fraction of sp³-hybridized carbons (Fsp3) is 0.778. The molecule has 0 bridgehead atoms. The zero-order chi connectivity index (χ0) is 9.52. The molecule has 0 aliphatic carbocycles. The molecule has 0 spiro atoms. The third-order valence-electron chi connectivity index (χ3n) is 2.68. The number of carbonyl (C=O) groups is 2. The minimum Gasteiger partial charge on any atom is -0.457 e. The van der Waals surface area contributed by atoms with Crippen molar-refractivity contribution in [2.24, 2.45) is 11.8 Å². The summed E-state index contributed by atoms with van der Waals surface area (Å²) < 4.78 is 5.00. The second-order valence-corrected chi connectivity index (χ2v) is 3.80. The molecule has 2 atom stereocenters. The third-order valence-corrected chi connectivity index (χ3v) is 2.68. The Kier molecular flexibility index (Phi) is 1.98. The number of cyclic esters (lactones) is 1. The molecule has 0 N–H and O–H groups in total. The van der Waals surface area contributed by atoms with Crippen molar-refractivity contribution in [1.82, 2.24) is 0 Å². The Bertz CT molecular complexity index is 224. The van der Waals surface area contributed by atoms with Crippen LogP contribution in [-0.4, -0.2) is 17.4 Å². The smallest absolute Gasteiger partial charge is 0.321 e. The van der Waals surface area contributed by atoms with Gasteiger partial charge in [-0.05, 0) is 19.8 Å². The quantitative estimate of drug-likeness (QED) is 0.461. The van der Waals surface area contributed by atoms with E-state index in [9.17, 15) is 9.59 Å². The van der Waals surface area contributed by atoms with Crippen LogP contribution < -0.4 is 0 Å². The SMILES string of the molecule is CC(=O)[C@H]1C(=O)O[C@@]1(C)C(C)C. The molecule has 1 rings (SSSR count). The highest BCUT2D eigenvalue weighted by molar-refractivity contribution is 6.03. The summed E-state index contributed by atoms with van der Waals surface area (Å²) in [6.45, 7) is 7.14. The van der Waals surface area contributed by atoms with Crippen LogP contribution in [0.25, 0.3) is 0 Å². The molecule has 1 aliphatic rings. The van der Waals surface area contributed by atoms with Crippen molar-refractivity contribution in [3.05, 3.63) is 0 Å². The lowest BCUT2D eigenvalue weighted by Crippen LogP contribution is -2.61. The van der Waals surface area contributed by atoms with Crippen LogP contribution in [0.3, 0.4) is 0 Å². The van der Waals surface area contributed by atoms with Crippen LogP contribution in [0.5, 0.6) is 0 Å². The number of carbonyl (C=O) groups excluding carboxylic acids is 2. The van der Waals surface area contributed by atoms with Gasteiger partial charge >= 0.3 is 5.97 Å². The summed E-state index contributed by atoms with van der Waals surface area (Å²) in [6, 6.07) is 0. The lowest BCUT2D eigenvalue weighted by Gasteiger charge is -2.46. The van der Waals surface area contributed by atoms with Crippen LogP contribution in [0.2, 0.25) is 0 Å². The van der Waals surface area contributed by atoms with E-state index in [1.54, 1.807) is 0 Å². The van der Waals surface area contributed by atoms with Crippen LogP contribution in [0.15, 0.2) is 0 Å². The second-order valence-electron chi connectivity index (χ2n) is 3.80. The predicted octanol–water partition coefficient (Wildman–Crippen LogP) is 1.16. The van der Waals surface area contributed by atoms with Crippen molar-refractivity contribution >= 4 is 11.8 Å². The van der Waals surface area contributed by atoms with Crippen LogP contribution in [0.4, 0.5) is 0 Å². The van der Waals surface area contributed by atoms with Crippen LogP contribution in [0.1, 0.15) is 27.7 Å². The van der Waals surface area contributed by atoms with Gasteiger partial charge in [0.1, 0.15) is 11.4 Å². The van der Waals surface area contributed by atoms with Crippen molar-refractivity contribution in [3.63, 3.8) is 0 Å². The van der Waals surface area contributed by atoms with Crippen LogP contribution in [0, 0.1) is 11.8 Å². The van der Waals surface area contributed by atoms with Gasteiger partial charge in [-0.3, -0.25) is 9.59 Å². The molecule has 0 radical (unpaired) electrons. The van der Waals surface area contributed by atoms with Crippen LogP contribution >= 0.6 is 0 Å². The summed E-state index contributed by atoms with van der Waals surface area (Å²) in [5, 5.41) is 0. The van der Waals surface area contributed by atoms with E-state index in [0.717, 1.165) is 0 Å². The molecule has 0 saturated carbocycles. The van der Waals surface area contributed by atoms with Gasteiger partial charge in [0.2, 0.25) is 0 Å². The number of rotatable bonds is 2. The molecule has 1 saturated heterocycles. The number of ketones is 1. The number of Topliss-reactive ketones (excluding diaryl/α,β-unsaturated/α-hetero) is 1. The Morgan fingerprint density at radius 3 is 2.25 bits per heavy atom. The number of esters is 1. The van der Waals surface area contributed by atoms with Gasteiger partial charge in [0.15, 0.2) is 5.92 Å². The van der Waals surface area contributed by atoms with Gasteiger partial charge in [-0.2, -0.15) is 0 Å². The zero-order valence-corrected chi connectivity index (χ0v) is 7.88. The molecular formula is C9H14O3. The van der Waals surface area contributed by atoms with Crippen molar-refractivity contribution < 1.29 is 14.3 Å². The van der Waals surface area contributed by atoms with Gasteiger partial charge in [0.25, 0.3) is 0 Å². The highest BCUT2D eigenvalue weighted by Gasteiger charge is 2.57. The minimum atomic E-state index is -0.567. The van der Waals surface area contributed by atoms with Crippen molar-refractivity contribution in [3.8, 4) is 0 Å². The molecule has 3 nitrogen and oxygen atoms in total. The molecule has 0 aromatic rings. The molecule has 1 aliphatic heterocycles. The van der Waals surface area contributed by atoms with E-state index in [1.807, 2.05) is 20.8 Å². The maximum atomic E-state index is 11.1. The fourth-order valence-electron chi connectivity index (χ4n) is 1.53. The van der Waals surface area contributed by atoms with E-state index in [4.69, 9.17) is 4.74 Å². The Morgan fingerprint density at radius 2 is 2.08 bits per heavy atom. The first kappa shape index (κ1) is 9.23. The van der Waals surface area contributed by atoms with Gasteiger partial charge in [0, 0.05) is 0 Å². The summed E-state index contributed by atoms with van der Waals surface area (Å²) in [5.41, 5.74) is -0.567. The standard InChI is InChI=1S/C9H14O3/c1-5(2)9(4)7(6(3)10)8(11)12-9/h5,7H,1-4H3/t7-,9-/m0/s1.